The summed E-state index contributed by atoms with van der Waals surface area (Å²) in [4.78, 5) is 4.66. The zero-order valence-electron chi connectivity index (χ0n) is 12.0. The van der Waals surface area contributed by atoms with Crippen LogP contribution in [0.3, 0.4) is 0 Å². The molecule has 0 radical (unpaired) electrons. The van der Waals surface area contributed by atoms with Crippen LogP contribution in [0.25, 0.3) is 0 Å². The molecule has 0 bridgehead atoms. The molecule has 3 atom stereocenters. The van der Waals surface area contributed by atoms with E-state index in [1.165, 1.54) is 6.42 Å². The predicted molar refractivity (Wildman–Crippen MR) is 74.8 cm³/mol. The fourth-order valence-electron chi connectivity index (χ4n) is 2.46. The Labute approximate surface area is 111 Å². The van der Waals surface area contributed by atoms with Crippen LogP contribution in [0.15, 0.2) is 4.99 Å². The van der Waals surface area contributed by atoms with E-state index in [0.717, 1.165) is 56.9 Å². The van der Waals surface area contributed by atoms with Crippen molar-refractivity contribution in [1.29, 1.82) is 0 Å². The van der Waals surface area contributed by atoms with Gasteiger partial charge in [-0.05, 0) is 44.9 Å². The number of nitrogens with zero attached hydrogens (tertiary/aromatic N) is 1. The van der Waals surface area contributed by atoms with Crippen molar-refractivity contribution in [3.63, 3.8) is 0 Å². The van der Waals surface area contributed by atoms with Crippen LogP contribution in [-0.2, 0) is 4.74 Å². The van der Waals surface area contributed by atoms with Gasteiger partial charge in [-0.2, -0.15) is 0 Å². The lowest BCUT2D eigenvalue weighted by molar-refractivity contribution is 0.0283. The first-order valence-electron chi connectivity index (χ1n) is 7.29. The summed E-state index contributed by atoms with van der Waals surface area (Å²) in [5.74, 6) is 2.66. The van der Waals surface area contributed by atoms with E-state index in [1.807, 2.05) is 0 Å². The fraction of sp³-hybridized carbons (Fsp3) is 0.929. The van der Waals surface area contributed by atoms with E-state index in [1.54, 1.807) is 0 Å². The number of ether oxygens (including phenoxy) is 1. The molecule has 1 saturated heterocycles. The standard InChI is InChI=1S/C14H27N3O/c1-4-15-13(16-9-12-8-11(12)2)17-10-14(3)6-5-7-18-14/h11-12H,4-10H2,1-3H3,(H2,15,16,17). The molecule has 4 nitrogen and oxygen atoms in total. The Morgan fingerprint density at radius 3 is 2.78 bits per heavy atom. The number of nitrogens with one attached hydrogen (secondary N) is 2. The third-order valence-electron chi connectivity index (χ3n) is 4.02. The van der Waals surface area contributed by atoms with Gasteiger partial charge in [0.2, 0.25) is 0 Å². The molecule has 1 saturated carbocycles. The smallest absolute Gasteiger partial charge is 0.191 e. The van der Waals surface area contributed by atoms with Crippen molar-refractivity contribution in [2.75, 3.05) is 26.2 Å². The van der Waals surface area contributed by atoms with Crippen LogP contribution in [-0.4, -0.2) is 37.8 Å². The van der Waals surface area contributed by atoms with E-state index in [-0.39, 0.29) is 5.60 Å². The average Bonchev–Trinajstić information content (AvgIpc) is 2.87. The quantitative estimate of drug-likeness (QED) is 0.580. The Kier molecular flexibility index (Phi) is 4.49. The van der Waals surface area contributed by atoms with E-state index in [0.29, 0.717) is 0 Å². The van der Waals surface area contributed by atoms with Crippen molar-refractivity contribution >= 4 is 5.96 Å². The molecule has 18 heavy (non-hydrogen) atoms. The van der Waals surface area contributed by atoms with Crippen molar-refractivity contribution in [2.45, 2.75) is 45.6 Å². The SMILES string of the molecule is CCNC(=NCC1(C)CCCO1)NCC1CC1C. The Morgan fingerprint density at radius 2 is 2.22 bits per heavy atom. The van der Waals surface area contributed by atoms with Crippen molar-refractivity contribution in [1.82, 2.24) is 10.6 Å². The zero-order chi connectivity index (χ0) is 13.0. The van der Waals surface area contributed by atoms with E-state index < -0.39 is 0 Å². The Morgan fingerprint density at radius 1 is 1.44 bits per heavy atom. The van der Waals surface area contributed by atoms with Gasteiger partial charge in [-0.25, -0.2) is 0 Å². The lowest BCUT2D eigenvalue weighted by atomic mass is 10.0. The van der Waals surface area contributed by atoms with Crippen molar-refractivity contribution in [3.05, 3.63) is 0 Å². The minimum atomic E-state index is -0.0464. The Hall–Kier alpha value is -0.770. The summed E-state index contributed by atoms with van der Waals surface area (Å²) in [6.07, 6.45) is 3.64. The van der Waals surface area contributed by atoms with Crippen molar-refractivity contribution in [3.8, 4) is 0 Å². The Balaban J connectivity index is 1.79. The second-order valence-electron chi connectivity index (χ2n) is 5.95. The van der Waals surface area contributed by atoms with Gasteiger partial charge in [-0.1, -0.05) is 6.92 Å². The van der Waals surface area contributed by atoms with Gasteiger partial charge in [0.1, 0.15) is 0 Å². The second kappa shape index (κ2) is 5.91. The van der Waals surface area contributed by atoms with Gasteiger partial charge in [0.05, 0.1) is 12.1 Å². The van der Waals surface area contributed by atoms with Gasteiger partial charge in [0, 0.05) is 19.7 Å². The van der Waals surface area contributed by atoms with Crippen LogP contribution in [0.4, 0.5) is 0 Å². The summed E-state index contributed by atoms with van der Waals surface area (Å²) in [6.45, 7) is 10.2. The minimum absolute atomic E-state index is 0.0464. The number of hydrogen-bond donors (Lipinski definition) is 2. The predicted octanol–water partition coefficient (Wildman–Crippen LogP) is 1.77. The van der Waals surface area contributed by atoms with Crippen LogP contribution in [0.2, 0.25) is 0 Å². The van der Waals surface area contributed by atoms with E-state index in [9.17, 15) is 0 Å². The van der Waals surface area contributed by atoms with E-state index in [2.05, 4.69) is 36.4 Å². The number of hydrogen-bond acceptors (Lipinski definition) is 2. The van der Waals surface area contributed by atoms with Crippen LogP contribution in [0.5, 0.6) is 0 Å². The third-order valence-corrected chi connectivity index (χ3v) is 4.02. The summed E-state index contributed by atoms with van der Waals surface area (Å²) in [6, 6.07) is 0. The summed E-state index contributed by atoms with van der Waals surface area (Å²) < 4.78 is 5.76. The van der Waals surface area contributed by atoms with E-state index >= 15 is 0 Å². The first-order chi connectivity index (χ1) is 8.63. The number of rotatable bonds is 5. The van der Waals surface area contributed by atoms with Crippen LogP contribution in [0.1, 0.15) is 40.0 Å². The molecule has 0 aromatic heterocycles. The molecule has 104 valence electrons. The first kappa shape index (κ1) is 13.7. The number of guanidine groups is 1. The summed E-state index contributed by atoms with van der Waals surface area (Å²) in [5.41, 5.74) is -0.0464. The maximum atomic E-state index is 5.76. The molecule has 2 rings (SSSR count). The monoisotopic (exact) mass is 253 g/mol. The van der Waals surface area contributed by atoms with Crippen molar-refractivity contribution in [2.24, 2.45) is 16.8 Å². The fourth-order valence-corrected chi connectivity index (χ4v) is 2.46. The molecule has 2 aliphatic rings. The van der Waals surface area contributed by atoms with Crippen molar-refractivity contribution < 1.29 is 4.74 Å². The van der Waals surface area contributed by atoms with Crippen LogP contribution >= 0.6 is 0 Å². The molecule has 0 amide bonds. The Bertz CT molecular complexity index is 297. The molecule has 1 aliphatic heterocycles. The second-order valence-corrected chi connectivity index (χ2v) is 5.95. The largest absolute Gasteiger partial charge is 0.373 e. The topological polar surface area (TPSA) is 45.7 Å². The first-order valence-corrected chi connectivity index (χ1v) is 7.29. The minimum Gasteiger partial charge on any atom is -0.373 e. The molecule has 0 spiro atoms. The molecular formula is C14H27N3O. The third kappa shape index (κ3) is 3.87. The molecule has 2 N–H and O–H groups in total. The molecule has 0 aromatic carbocycles. The van der Waals surface area contributed by atoms with Crippen LogP contribution in [0, 0.1) is 11.8 Å². The lowest BCUT2D eigenvalue weighted by Crippen LogP contribution is -2.40. The molecule has 1 heterocycles. The summed E-state index contributed by atoms with van der Waals surface area (Å²) in [7, 11) is 0. The molecule has 2 fully saturated rings. The van der Waals surface area contributed by atoms with Crippen LogP contribution < -0.4 is 10.6 Å². The summed E-state index contributed by atoms with van der Waals surface area (Å²) in [5, 5.41) is 6.74. The molecule has 4 heteroatoms. The average molecular weight is 253 g/mol. The zero-order valence-corrected chi connectivity index (χ0v) is 12.0. The lowest BCUT2D eigenvalue weighted by Gasteiger charge is -2.21. The highest BCUT2D eigenvalue weighted by molar-refractivity contribution is 5.79. The van der Waals surface area contributed by atoms with Gasteiger partial charge in [-0.15, -0.1) is 0 Å². The van der Waals surface area contributed by atoms with Gasteiger partial charge in [0.15, 0.2) is 5.96 Å². The normalized spacial score (nSPS) is 35.6. The van der Waals surface area contributed by atoms with E-state index in [4.69, 9.17) is 4.74 Å². The highest BCUT2D eigenvalue weighted by Crippen LogP contribution is 2.36. The van der Waals surface area contributed by atoms with Gasteiger partial charge < -0.3 is 15.4 Å². The van der Waals surface area contributed by atoms with Gasteiger partial charge in [-0.3, -0.25) is 4.99 Å². The maximum absolute atomic E-state index is 5.76. The molecular weight excluding hydrogens is 226 g/mol. The molecule has 0 aromatic rings. The molecule has 1 aliphatic carbocycles. The highest BCUT2D eigenvalue weighted by atomic mass is 16.5. The summed E-state index contributed by atoms with van der Waals surface area (Å²) >= 11 is 0. The highest BCUT2D eigenvalue weighted by Gasteiger charge is 2.32. The van der Waals surface area contributed by atoms with Gasteiger partial charge in [0.25, 0.3) is 0 Å². The van der Waals surface area contributed by atoms with Gasteiger partial charge >= 0.3 is 0 Å². The number of aliphatic imine (C=N–C) groups is 1. The molecule has 3 unspecified atom stereocenters. The maximum Gasteiger partial charge on any atom is 0.191 e.